The second-order valence-corrected chi connectivity index (χ2v) is 4.91. The molecular formula is C13H9FN2OS. The van der Waals surface area contributed by atoms with Gasteiger partial charge in [0.05, 0.1) is 21.5 Å². The van der Waals surface area contributed by atoms with Crippen LogP contribution in [0.15, 0.2) is 36.4 Å². The molecule has 5 heteroatoms. The number of hydrogen-bond donors (Lipinski definition) is 2. The molecular weight excluding hydrogens is 251 g/mol. The van der Waals surface area contributed by atoms with Gasteiger partial charge < -0.3 is 10.8 Å². The Labute approximate surface area is 106 Å². The SMILES string of the molecule is Nc1cccc(-c2nc3cc(F)ccc3s2)c1O. The number of rotatable bonds is 1. The van der Waals surface area contributed by atoms with Gasteiger partial charge in [0.1, 0.15) is 16.6 Å². The van der Waals surface area contributed by atoms with E-state index in [4.69, 9.17) is 5.73 Å². The molecule has 0 saturated heterocycles. The highest BCUT2D eigenvalue weighted by molar-refractivity contribution is 7.21. The Morgan fingerprint density at radius 2 is 2.06 bits per heavy atom. The lowest BCUT2D eigenvalue weighted by Crippen LogP contribution is -1.87. The third kappa shape index (κ3) is 1.69. The maximum atomic E-state index is 13.1. The summed E-state index contributed by atoms with van der Waals surface area (Å²) in [6.45, 7) is 0. The lowest BCUT2D eigenvalue weighted by Gasteiger charge is -2.02. The first-order valence-electron chi connectivity index (χ1n) is 5.29. The van der Waals surface area contributed by atoms with Gasteiger partial charge in [-0.2, -0.15) is 0 Å². The van der Waals surface area contributed by atoms with E-state index in [9.17, 15) is 9.50 Å². The molecule has 3 aromatic rings. The van der Waals surface area contributed by atoms with Crippen molar-refractivity contribution in [3.8, 4) is 16.3 Å². The number of phenolic OH excluding ortho intramolecular Hbond substituents is 1. The number of aromatic hydroxyl groups is 1. The van der Waals surface area contributed by atoms with E-state index in [1.807, 2.05) is 0 Å². The predicted octanol–water partition coefficient (Wildman–Crippen LogP) is 3.39. The molecule has 1 heterocycles. The molecule has 2 aromatic carbocycles. The van der Waals surface area contributed by atoms with Crippen LogP contribution in [0.25, 0.3) is 20.8 Å². The highest BCUT2D eigenvalue weighted by Gasteiger charge is 2.12. The largest absolute Gasteiger partial charge is 0.505 e. The van der Waals surface area contributed by atoms with Crippen LogP contribution in [0.3, 0.4) is 0 Å². The van der Waals surface area contributed by atoms with Crippen molar-refractivity contribution < 1.29 is 9.50 Å². The standard InChI is InChI=1S/C13H9FN2OS/c14-7-4-5-11-10(6-7)16-13(18-11)8-2-1-3-9(15)12(8)17/h1-6,17H,15H2. The summed E-state index contributed by atoms with van der Waals surface area (Å²) in [7, 11) is 0. The molecule has 0 aliphatic heterocycles. The molecule has 0 fully saturated rings. The van der Waals surface area contributed by atoms with E-state index in [-0.39, 0.29) is 11.6 Å². The van der Waals surface area contributed by atoms with Gasteiger partial charge in [0, 0.05) is 6.07 Å². The summed E-state index contributed by atoms with van der Waals surface area (Å²) < 4.78 is 14.0. The van der Waals surface area contributed by atoms with Gasteiger partial charge >= 0.3 is 0 Å². The zero-order chi connectivity index (χ0) is 12.7. The van der Waals surface area contributed by atoms with Crippen molar-refractivity contribution in [3.05, 3.63) is 42.2 Å². The number of para-hydroxylation sites is 1. The van der Waals surface area contributed by atoms with Crippen molar-refractivity contribution in [2.24, 2.45) is 0 Å². The fraction of sp³-hybridized carbons (Fsp3) is 0. The minimum atomic E-state index is -0.323. The molecule has 18 heavy (non-hydrogen) atoms. The third-order valence-electron chi connectivity index (χ3n) is 2.65. The van der Waals surface area contributed by atoms with Crippen LogP contribution in [0.4, 0.5) is 10.1 Å². The number of nitrogens with zero attached hydrogens (tertiary/aromatic N) is 1. The number of anilines is 1. The molecule has 3 N–H and O–H groups in total. The number of nitrogens with two attached hydrogens (primary N) is 1. The van der Waals surface area contributed by atoms with E-state index in [0.717, 1.165) is 4.70 Å². The first-order chi connectivity index (χ1) is 8.65. The van der Waals surface area contributed by atoms with Crippen molar-refractivity contribution in [2.45, 2.75) is 0 Å². The Bertz CT molecular complexity index is 739. The first-order valence-corrected chi connectivity index (χ1v) is 6.11. The van der Waals surface area contributed by atoms with Crippen LogP contribution < -0.4 is 5.73 Å². The number of hydrogen-bond acceptors (Lipinski definition) is 4. The summed E-state index contributed by atoms with van der Waals surface area (Å²) in [4.78, 5) is 4.31. The van der Waals surface area contributed by atoms with Gasteiger partial charge in [-0.1, -0.05) is 6.07 Å². The first kappa shape index (κ1) is 11.0. The van der Waals surface area contributed by atoms with Gasteiger partial charge in [-0.15, -0.1) is 11.3 Å². The lowest BCUT2D eigenvalue weighted by atomic mass is 10.2. The Morgan fingerprint density at radius 1 is 1.22 bits per heavy atom. The van der Waals surface area contributed by atoms with Crippen LogP contribution in [0.5, 0.6) is 5.75 Å². The molecule has 3 nitrogen and oxygen atoms in total. The summed E-state index contributed by atoms with van der Waals surface area (Å²) in [6, 6.07) is 9.54. The maximum Gasteiger partial charge on any atom is 0.148 e. The van der Waals surface area contributed by atoms with Crippen molar-refractivity contribution in [1.82, 2.24) is 4.98 Å². The van der Waals surface area contributed by atoms with E-state index in [1.165, 1.54) is 23.5 Å². The van der Waals surface area contributed by atoms with Gasteiger partial charge in [0.2, 0.25) is 0 Å². The highest BCUT2D eigenvalue weighted by atomic mass is 32.1. The summed E-state index contributed by atoms with van der Waals surface area (Å²) in [5.41, 5.74) is 7.09. The Balaban J connectivity index is 2.22. The van der Waals surface area contributed by atoms with E-state index in [1.54, 1.807) is 24.3 Å². The van der Waals surface area contributed by atoms with Crippen molar-refractivity contribution in [3.63, 3.8) is 0 Å². The highest BCUT2D eigenvalue weighted by Crippen LogP contribution is 2.37. The van der Waals surface area contributed by atoms with Crippen molar-refractivity contribution in [2.75, 3.05) is 5.73 Å². The van der Waals surface area contributed by atoms with E-state index < -0.39 is 0 Å². The second kappa shape index (κ2) is 3.96. The minimum absolute atomic E-state index is 0.0111. The van der Waals surface area contributed by atoms with E-state index >= 15 is 0 Å². The van der Waals surface area contributed by atoms with Gasteiger partial charge in [0.25, 0.3) is 0 Å². The van der Waals surface area contributed by atoms with Gasteiger partial charge in [-0.25, -0.2) is 9.37 Å². The van der Waals surface area contributed by atoms with Crippen LogP contribution >= 0.6 is 11.3 Å². The number of benzene rings is 2. The summed E-state index contributed by atoms with van der Waals surface area (Å²) >= 11 is 1.39. The minimum Gasteiger partial charge on any atom is -0.505 e. The predicted molar refractivity (Wildman–Crippen MR) is 71.1 cm³/mol. The van der Waals surface area contributed by atoms with Crippen LogP contribution in [0.1, 0.15) is 0 Å². The smallest absolute Gasteiger partial charge is 0.148 e. The Morgan fingerprint density at radius 3 is 2.89 bits per heavy atom. The summed E-state index contributed by atoms with van der Waals surface area (Å²) in [5.74, 6) is -0.312. The summed E-state index contributed by atoms with van der Waals surface area (Å²) in [5, 5.41) is 10.5. The zero-order valence-electron chi connectivity index (χ0n) is 9.22. The third-order valence-corrected chi connectivity index (χ3v) is 3.72. The molecule has 3 rings (SSSR count). The molecule has 0 radical (unpaired) electrons. The number of thiazole rings is 1. The number of phenols is 1. The molecule has 0 bridgehead atoms. The quantitative estimate of drug-likeness (QED) is 0.521. The average Bonchev–Trinajstić information content (AvgIpc) is 2.75. The molecule has 90 valence electrons. The number of halogens is 1. The monoisotopic (exact) mass is 260 g/mol. The van der Waals surface area contributed by atoms with Gasteiger partial charge in [-0.05, 0) is 24.3 Å². The van der Waals surface area contributed by atoms with Crippen molar-refractivity contribution in [1.29, 1.82) is 0 Å². The van der Waals surface area contributed by atoms with Crippen LogP contribution in [0, 0.1) is 5.82 Å². The Kier molecular flexibility index (Phi) is 2.41. The molecule has 0 atom stereocenters. The zero-order valence-corrected chi connectivity index (χ0v) is 10.0. The lowest BCUT2D eigenvalue weighted by molar-refractivity contribution is 0.480. The fourth-order valence-electron chi connectivity index (χ4n) is 1.75. The normalized spacial score (nSPS) is 10.9. The van der Waals surface area contributed by atoms with Crippen LogP contribution in [-0.4, -0.2) is 10.1 Å². The molecule has 0 amide bonds. The number of aromatic nitrogens is 1. The second-order valence-electron chi connectivity index (χ2n) is 3.87. The van der Waals surface area contributed by atoms with E-state index in [2.05, 4.69) is 4.98 Å². The molecule has 0 saturated carbocycles. The molecule has 0 aliphatic rings. The molecule has 0 aliphatic carbocycles. The number of fused-ring (bicyclic) bond motifs is 1. The van der Waals surface area contributed by atoms with Crippen LogP contribution in [0.2, 0.25) is 0 Å². The topological polar surface area (TPSA) is 59.1 Å². The van der Waals surface area contributed by atoms with E-state index in [0.29, 0.717) is 21.8 Å². The average molecular weight is 260 g/mol. The fourth-order valence-corrected chi connectivity index (χ4v) is 2.72. The van der Waals surface area contributed by atoms with Gasteiger partial charge in [-0.3, -0.25) is 0 Å². The molecule has 0 unspecified atom stereocenters. The maximum absolute atomic E-state index is 13.1. The van der Waals surface area contributed by atoms with Crippen LogP contribution in [-0.2, 0) is 0 Å². The molecule has 1 aromatic heterocycles. The summed E-state index contributed by atoms with van der Waals surface area (Å²) in [6.07, 6.45) is 0. The Hall–Kier alpha value is -2.14. The van der Waals surface area contributed by atoms with Crippen molar-refractivity contribution >= 4 is 27.2 Å². The molecule has 0 spiro atoms. The number of nitrogen functional groups attached to an aromatic ring is 1. The van der Waals surface area contributed by atoms with Gasteiger partial charge in [0.15, 0.2) is 0 Å².